The van der Waals surface area contributed by atoms with Crippen molar-refractivity contribution in [1.29, 1.82) is 0 Å². The van der Waals surface area contributed by atoms with E-state index < -0.39 is 6.10 Å². The van der Waals surface area contributed by atoms with Crippen LogP contribution >= 0.6 is 0 Å². The fraction of sp³-hybridized carbons (Fsp3) is 0.522. The van der Waals surface area contributed by atoms with Crippen molar-refractivity contribution >= 4 is 0 Å². The molecule has 1 atom stereocenters. The van der Waals surface area contributed by atoms with Crippen LogP contribution in [0.2, 0.25) is 0 Å². The van der Waals surface area contributed by atoms with E-state index in [0.717, 1.165) is 43.9 Å². The van der Waals surface area contributed by atoms with Crippen LogP contribution in [0.15, 0.2) is 36.5 Å². The molecule has 0 amide bonds. The van der Waals surface area contributed by atoms with Crippen LogP contribution in [0.1, 0.15) is 29.7 Å². The Bertz CT molecular complexity index is 763. The van der Waals surface area contributed by atoms with Gasteiger partial charge in [-0.25, -0.2) is 0 Å². The standard InChI is InChI=1S/C23H33N3O3/c1-18-6-5-10-25-21(18)9-11-24-15-19-7-8-22(28-2)23(14-19)29-17-20(27)16-26-12-3-4-13-26/h5-8,10,14,20,24,27H,3-4,9,11-13,15-17H2,1-2H3. The van der Waals surface area contributed by atoms with Gasteiger partial charge >= 0.3 is 0 Å². The van der Waals surface area contributed by atoms with Crippen LogP contribution in [-0.2, 0) is 13.0 Å². The van der Waals surface area contributed by atoms with Crippen molar-refractivity contribution < 1.29 is 14.6 Å². The van der Waals surface area contributed by atoms with Gasteiger partial charge in [-0.15, -0.1) is 0 Å². The van der Waals surface area contributed by atoms with Crippen LogP contribution in [0.25, 0.3) is 0 Å². The second-order valence-corrected chi connectivity index (χ2v) is 7.65. The van der Waals surface area contributed by atoms with E-state index in [4.69, 9.17) is 9.47 Å². The highest BCUT2D eigenvalue weighted by Gasteiger charge is 2.17. The zero-order valence-corrected chi connectivity index (χ0v) is 17.6. The summed E-state index contributed by atoms with van der Waals surface area (Å²) in [5, 5.41) is 13.7. The average Bonchev–Trinajstić information content (AvgIpc) is 3.24. The Morgan fingerprint density at radius 2 is 2.03 bits per heavy atom. The van der Waals surface area contributed by atoms with Gasteiger partial charge in [0.05, 0.1) is 7.11 Å². The quantitative estimate of drug-likeness (QED) is 0.566. The predicted molar refractivity (Wildman–Crippen MR) is 115 cm³/mol. The number of aliphatic hydroxyl groups is 1. The number of benzene rings is 1. The summed E-state index contributed by atoms with van der Waals surface area (Å²) < 4.78 is 11.3. The number of methoxy groups -OCH3 is 1. The third kappa shape index (κ3) is 6.70. The number of aryl methyl sites for hydroxylation is 1. The van der Waals surface area contributed by atoms with E-state index >= 15 is 0 Å². The zero-order chi connectivity index (χ0) is 20.5. The van der Waals surface area contributed by atoms with Gasteiger partial charge in [-0.2, -0.15) is 0 Å². The van der Waals surface area contributed by atoms with E-state index in [9.17, 15) is 5.11 Å². The molecule has 2 aromatic rings. The lowest BCUT2D eigenvalue weighted by Gasteiger charge is -2.20. The molecule has 6 heteroatoms. The molecule has 0 saturated carbocycles. The van der Waals surface area contributed by atoms with Crippen LogP contribution in [0.5, 0.6) is 11.5 Å². The summed E-state index contributed by atoms with van der Waals surface area (Å²) in [5.74, 6) is 1.36. The number of aromatic nitrogens is 1. The molecule has 0 aliphatic carbocycles. The number of aliphatic hydroxyl groups excluding tert-OH is 1. The van der Waals surface area contributed by atoms with Gasteiger partial charge in [0.25, 0.3) is 0 Å². The monoisotopic (exact) mass is 399 g/mol. The lowest BCUT2D eigenvalue weighted by Crippen LogP contribution is -2.33. The summed E-state index contributed by atoms with van der Waals surface area (Å²) in [5.41, 5.74) is 3.47. The Labute approximate surface area is 173 Å². The molecule has 1 aromatic carbocycles. The highest BCUT2D eigenvalue weighted by Crippen LogP contribution is 2.28. The van der Waals surface area contributed by atoms with Crippen molar-refractivity contribution in [3.63, 3.8) is 0 Å². The van der Waals surface area contributed by atoms with Gasteiger partial charge in [0.1, 0.15) is 12.7 Å². The molecule has 29 heavy (non-hydrogen) atoms. The van der Waals surface area contributed by atoms with Crippen molar-refractivity contribution in [2.45, 2.75) is 38.8 Å². The number of nitrogens with one attached hydrogen (secondary N) is 1. The number of hydrogen-bond acceptors (Lipinski definition) is 6. The minimum Gasteiger partial charge on any atom is -0.493 e. The summed E-state index contributed by atoms with van der Waals surface area (Å²) in [7, 11) is 1.63. The van der Waals surface area contributed by atoms with E-state index in [2.05, 4.69) is 28.2 Å². The van der Waals surface area contributed by atoms with Crippen LogP contribution < -0.4 is 14.8 Å². The molecule has 0 spiro atoms. The largest absolute Gasteiger partial charge is 0.493 e. The van der Waals surface area contributed by atoms with E-state index in [1.165, 1.54) is 18.4 Å². The Kier molecular flexibility index (Phi) is 8.28. The predicted octanol–water partition coefficient (Wildman–Crippen LogP) is 2.57. The molecule has 1 saturated heterocycles. The summed E-state index contributed by atoms with van der Waals surface area (Å²) in [6.45, 7) is 6.75. The Morgan fingerprint density at radius 3 is 2.79 bits per heavy atom. The second-order valence-electron chi connectivity index (χ2n) is 7.65. The number of likely N-dealkylation sites (tertiary alicyclic amines) is 1. The fourth-order valence-electron chi connectivity index (χ4n) is 3.67. The molecule has 0 radical (unpaired) electrons. The highest BCUT2D eigenvalue weighted by atomic mass is 16.5. The van der Waals surface area contributed by atoms with Crippen molar-refractivity contribution in [2.24, 2.45) is 0 Å². The molecule has 1 aromatic heterocycles. The van der Waals surface area contributed by atoms with Gasteiger partial charge < -0.3 is 24.8 Å². The van der Waals surface area contributed by atoms with Crippen LogP contribution in [0.3, 0.4) is 0 Å². The first-order valence-corrected chi connectivity index (χ1v) is 10.5. The summed E-state index contributed by atoms with van der Waals surface area (Å²) in [4.78, 5) is 6.72. The van der Waals surface area contributed by atoms with E-state index in [1.54, 1.807) is 7.11 Å². The summed E-state index contributed by atoms with van der Waals surface area (Å²) >= 11 is 0. The van der Waals surface area contributed by atoms with Gasteiger partial charge in [0.2, 0.25) is 0 Å². The molecule has 158 valence electrons. The maximum atomic E-state index is 10.3. The Hall–Kier alpha value is -2.15. The lowest BCUT2D eigenvalue weighted by atomic mass is 10.1. The van der Waals surface area contributed by atoms with Crippen molar-refractivity contribution in [2.75, 3.05) is 39.9 Å². The summed E-state index contributed by atoms with van der Waals surface area (Å²) in [6, 6.07) is 9.99. The van der Waals surface area contributed by atoms with Gasteiger partial charge in [0, 0.05) is 37.9 Å². The minimum absolute atomic E-state index is 0.267. The number of rotatable bonds is 11. The zero-order valence-electron chi connectivity index (χ0n) is 17.6. The molecule has 1 unspecified atom stereocenters. The van der Waals surface area contributed by atoms with E-state index in [-0.39, 0.29) is 6.61 Å². The molecule has 2 N–H and O–H groups in total. The first kappa shape index (κ1) is 21.6. The normalized spacial score (nSPS) is 15.4. The first-order chi connectivity index (χ1) is 14.2. The molecule has 1 aliphatic rings. The minimum atomic E-state index is -0.499. The maximum Gasteiger partial charge on any atom is 0.161 e. The van der Waals surface area contributed by atoms with Gasteiger partial charge in [0.15, 0.2) is 11.5 Å². The van der Waals surface area contributed by atoms with Crippen LogP contribution in [0, 0.1) is 6.92 Å². The maximum absolute atomic E-state index is 10.3. The first-order valence-electron chi connectivity index (χ1n) is 10.5. The molecule has 6 nitrogen and oxygen atoms in total. The second kappa shape index (κ2) is 11.1. The van der Waals surface area contributed by atoms with E-state index in [1.807, 2.05) is 30.5 Å². The van der Waals surface area contributed by atoms with Crippen molar-refractivity contribution in [3.05, 3.63) is 53.3 Å². The molecule has 3 rings (SSSR count). The van der Waals surface area contributed by atoms with Gasteiger partial charge in [-0.05, 0) is 62.2 Å². The topological polar surface area (TPSA) is 66.8 Å². The molecular formula is C23H33N3O3. The molecule has 1 aliphatic heterocycles. The smallest absolute Gasteiger partial charge is 0.161 e. The lowest BCUT2D eigenvalue weighted by molar-refractivity contribution is 0.0746. The van der Waals surface area contributed by atoms with E-state index in [0.29, 0.717) is 18.0 Å². The molecule has 2 heterocycles. The third-order valence-electron chi connectivity index (χ3n) is 5.31. The number of pyridine rings is 1. The highest BCUT2D eigenvalue weighted by molar-refractivity contribution is 5.43. The molecule has 1 fully saturated rings. The molecule has 0 bridgehead atoms. The number of hydrogen-bond donors (Lipinski definition) is 2. The number of β-amino-alcohol motifs (C(OH)–C–C–N with tert-alkyl or cyclic N) is 1. The van der Waals surface area contributed by atoms with Crippen LogP contribution in [-0.4, -0.2) is 61.0 Å². The summed E-state index contributed by atoms with van der Waals surface area (Å²) in [6.07, 6.45) is 4.68. The van der Waals surface area contributed by atoms with Gasteiger partial charge in [-0.1, -0.05) is 12.1 Å². The average molecular weight is 400 g/mol. The molecular weight excluding hydrogens is 366 g/mol. The Balaban J connectivity index is 1.47. The van der Waals surface area contributed by atoms with Gasteiger partial charge in [-0.3, -0.25) is 4.98 Å². The van der Waals surface area contributed by atoms with Crippen molar-refractivity contribution in [3.8, 4) is 11.5 Å². The fourth-order valence-corrected chi connectivity index (χ4v) is 3.67. The van der Waals surface area contributed by atoms with Crippen LogP contribution in [0.4, 0.5) is 0 Å². The number of ether oxygens (including phenoxy) is 2. The third-order valence-corrected chi connectivity index (χ3v) is 5.31. The SMILES string of the molecule is COc1ccc(CNCCc2ncccc2C)cc1OCC(O)CN1CCCC1. The Morgan fingerprint density at radius 1 is 1.21 bits per heavy atom. The number of nitrogens with zero attached hydrogens (tertiary/aromatic N) is 2. The van der Waals surface area contributed by atoms with Crippen molar-refractivity contribution in [1.82, 2.24) is 15.2 Å².